The van der Waals surface area contributed by atoms with Crippen LogP contribution in [0.1, 0.15) is 12.5 Å². The topological polar surface area (TPSA) is 73.7 Å². The van der Waals surface area contributed by atoms with Crippen molar-refractivity contribution in [3.8, 4) is 11.9 Å². The Morgan fingerprint density at radius 3 is 2.77 bits per heavy atom. The van der Waals surface area contributed by atoms with Gasteiger partial charge < -0.3 is 19.7 Å². The highest BCUT2D eigenvalue weighted by Gasteiger charge is 2.35. The number of halogens is 2. The Kier molecular flexibility index (Phi) is 5.98. The molecule has 160 valence electrons. The first-order chi connectivity index (χ1) is 14.4. The van der Waals surface area contributed by atoms with Crippen LogP contribution in [0.15, 0.2) is 12.1 Å². The van der Waals surface area contributed by atoms with Crippen molar-refractivity contribution in [3.05, 3.63) is 28.5 Å². The number of nitrogens with zero attached hydrogens (tertiary/aromatic N) is 4. The molecular formula is C21H25ClFN5O2. The zero-order chi connectivity index (χ0) is 21.4. The monoisotopic (exact) mass is 433 g/mol. The smallest absolute Gasteiger partial charge is 0.234 e. The Morgan fingerprint density at radius 2 is 2.07 bits per heavy atom. The minimum atomic E-state index is -0.539. The Morgan fingerprint density at radius 1 is 1.30 bits per heavy atom. The fourth-order valence-electron chi connectivity index (χ4n) is 4.31. The molecule has 2 fully saturated rings. The molecule has 30 heavy (non-hydrogen) atoms. The van der Waals surface area contributed by atoms with Gasteiger partial charge in [0, 0.05) is 56.3 Å². The predicted octanol–water partition coefficient (Wildman–Crippen LogP) is 2.40. The highest BCUT2D eigenvalue weighted by molar-refractivity contribution is 6.31. The lowest BCUT2D eigenvalue weighted by molar-refractivity contribution is 0.0321. The molecule has 4 rings (SSSR count). The van der Waals surface area contributed by atoms with Gasteiger partial charge >= 0.3 is 0 Å². The summed E-state index contributed by atoms with van der Waals surface area (Å²) in [4.78, 5) is 8.60. The first-order valence-corrected chi connectivity index (χ1v) is 10.4. The summed E-state index contributed by atoms with van der Waals surface area (Å²) in [6, 6.07) is 5.38. The SMILES string of the molecule is CO[C@@H]1CN(C)C[C@H]1Oc1nc2c(F)cc(Cl)cc2c(N2CCN[C@H](C)C2)c1C#N. The van der Waals surface area contributed by atoms with Gasteiger partial charge in [0.15, 0.2) is 5.82 Å². The van der Waals surface area contributed by atoms with Crippen molar-refractivity contribution in [2.45, 2.75) is 25.2 Å². The molecule has 9 heteroatoms. The van der Waals surface area contributed by atoms with Crippen LogP contribution in [0.4, 0.5) is 10.1 Å². The van der Waals surface area contributed by atoms with E-state index in [-0.39, 0.29) is 34.7 Å². The van der Waals surface area contributed by atoms with Crippen LogP contribution in [0, 0.1) is 17.1 Å². The molecule has 2 aromatic rings. The Hall–Kier alpha value is -2.18. The lowest BCUT2D eigenvalue weighted by atomic mass is 10.1. The fraction of sp³-hybridized carbons (Fsp3) is 0.524. The number of hydrogen-bond donors (Lipinski definition) is 1. The molecule has 1 aromatic heterocycles. The number of anilines is 1. The second kappa shape index (κ2) is 8.52. The van der Waals surface area contributed by atoms with Gasteiger partial charge in [-0.3, -0.25) is 4.90 Å². The van der Waals surface area contributed by atoms with Gasteiger partial charge in [-0.05, 0) is 26.1 Å². The van der Waals surface area contributed by atoms with Gasteiger partial charge in [0.1, 0.15) is 29.4 Å². The predicted molar refractivity (Wildman–Crippen MR) is 114 cm³/mol. The number of fused-ring (bicyclic) bond motifs is 1. The second-order valence-electron chi connectivity index (χ2n) is 7.99. The van der Waals surface area contributed by atoms with Gasteiger partial charge in [0.05, 0.1) is 5.69 Å². The summed E-state index contributed by atoms with van der Waals surface area (Å²) < 4.78 is 26.6. The molecular weight excluding hydrogens is 409 g/mol. The number of rotatable bonds is 4. The zero-order valence-corrected chi connectivity index (χ0v) is 18.0. The Balaban J connectivity index is 1.87. The van der Waals surface area contributed by atoms with Crippen molar-refractivity contribution in [2.75, 3.05) is 51.8 Å². The van der Waals surface area contributed by atoms with Crippen LogP contribution in [-0.4, -0.2) is 75.0 Å². The first-order valence-electron chi connectivity index (χ1n) is 10.0. The average molecular weight is 434 g/mol. The molecule has 0 spiro atoms. The summed E-state index contributed by atoms with van der Waals surface area (Å²) in [6.07, 6.45) is -0.459. The first kappa shape index (κ1) is 21.1. The van der Waals surface area contributed by atoms with E-state index < -0.39 is 5.82 Å². The standard InChI is InChI=1S/C21H25ClFN5O2/c1-12-9-28(5-4-25-12)20-14-6-13(22)7-16(23)19(14)26-21(15(20)8-24)30-18-11-27(2)10-17(18)29-3/h6-7,12,17-18,25H,4-5,9-11H2,1-3H3/t12-,17-,18-/m1/s1. The molecule has 0 unspecified atom stereocenters. The summed E-state index contributed by atoms with van der Waals surface area (Å²) in [5.74, 6) is -0.405. The minimum absolute atomic E-state index is 0.134. The highest BCUT2D eigenvalue weighted by Crippen LogP contribution is 2.38. The third-order valence-electron chi connectivity index (χ3n) is 5.71. The van der Waals surface area contributed by atoms with Crippen LogP contribution < -0.4 is 15.0 Å². The molecule has 0 amide bonds. The van der Waals surface area contributed by atoms with Crippen molar-refractivity contribution in [1.82, 2.24) is 15.2 Å². The van der Waals surface area contributed by atoms with Gasteiger partial charge in [-0.2, -0.15) is 5.26 Å². The van der Waals surface area contributed by atoms with Crippen molar-refractivity contribution in [3.63, 3.8) is 0 Å². The number of nitriles is 1. The average Bonchev–Trinajstić information content (AvgIpc) is 3.06. The molecule has 2 aliphatic rings. The van der Waals surface area contributed by atoms with Crippen LogP contribution in [0.3, 0.4) is 0 Å². The van der Waals surface area contributed by atoms with Gasteiger partial charge in [-0.25, -0.2) is 9.37 Å². The van der Waals surface area contributed by atoms with Crippen LogP contribution in [-0.2, 0) is 4.74 Å². The molecule has 1 N–H and O–H groups in total. The lowest BCUT2D eigenvalue weighted by Gasteiger charge is -2.35. The van der Waals surface area contributed by atoms with Crippen LogP contribution in [0.2, 0.25) is 5.02 Å². The van der Waals surface area contributed by atoms with Crippen LogP contribution >= 0.6 is 11.6 Å². The number of nitrogens with one attached hydrogen (secondary N) is 1. The van der Waals surface area contributed by atoms with E-state index in [9.17, 15) is 9.65 Å². The number of aromatic nitrogens is 1. The third kappa shape index (κ3) is 3.91. The number of likely N-dealkylation sites (N-methyl/N-ethyl adjacent to an activating group) is 1. The van der Waals surface area contributed by atoms with E-state index in [2.05, 4.69) is 33.1 Å². The summed E-state index contributed by atoms with van der Waals surface area (Å²) in [5.41, 5.74) is 1.06. The molecule has 1 aromatic carbocycles. The van der Waals surface area contributed by atoms with Crippen LogP contribution in [0.25, 0.3) is 10.9 Å². The highest BCUT2D eigenvalue weighted by atomic mass is 35.5. The molecule has 0 aliphatic carbocycles. The third-order valence-corrected chi connectivity index (χ3v) is 5.93. The number of benzene rings is 1. The van der Waals surface area contributed by atoms with E-state index in [0.717, 1.165) is 6.54 Å². The van der Waals surface area contributed by atoms with Crippen LogP contribution in [0.5, 0.6) is 5.88 Å². The van der Waals surface area contributed by atoms with Crippen molar-refractivity contribution < 1.29 is 13.9 Å². The number of pyridine rings is 1. The summed E-state index contributed by atoms with van der Waals surface area (Å²) >= 11 is 6.16. The molecule has 0 radical (unpaired) electrons. The number of ether oxygens (including phenoxy) is 2. The second-order valence-corrected chi connectivity index (χ2v) is 8.43. The number of likely N-dealkylation sites (tertiary alicyclic amines) is 1. The summed E-state index contributed by atoms with van der Waals surface area (Å²) in [6.45, 7) is 5.53. The number of methoxy groups -OCH3 is 1. The Bertz CT molecular complexity index is 998. The van der Waals surface area contributed by atoms with Crippen molar-refractivity contribution in [2.24, 2.45) is 0 Å². The molecule has 3 heterocycles. The summed E-state index contributed by atoms with van der Waals surface area (Å²) in [7, 11) is 3.61. The maximum atomic E-state index is 14.9. The normalized spacial score (nSPS) is 24.9. The fourth-order valence-corrected chi connectivity index (χ4v) is 4.52. The zero-order valence-electron chi connectivity index (χ0n) is 17.3. The molecule has 7 nitrogen and oxygen atoms in total. The van der Waals surface area contributed by atoms with Gasteiger partial charge in [0.25, 0.3) is 0 Å². The largest absolute Gasteiger partial charge is 0.469 e. The lowest BCUT2D eigenvalue weighted by Crippen LogP contribution is -2.49. The van der Waals surface area contributed by atoms with E-state index in [1.165, 1.54) is 6.07 Å². The van der Waals surface area contributed by atoms with E-state index >= 15 is 0 Å². The quantitative estimate of drug-likeness (QED) is 0.793. The maximum Gasteiger partial charge on any atom is 0.234 e. The molecule has 3 atom stereocenters. The molecule has 2 saturated heterocycles. The van der Waals surface area contributed by atoms with Crippen molar-refractivity contribution >= 4 is 28.2 Å². The van der Waals surface area contributed by atoms with Gasteiger partial charge in [-0.1, -0.05) is 11.6 Å². The molecule has 2 aliphatic heterocycles. The van der Waals surface area contributed by atoms with Gasteiger partial charge in [-0.15, -0.1) is 0 Å². The maximum absolute atomic E-state index is 14.9. The molecule has 0 bridgehead atoms. The number of hydrogen-bond acceptors (Lipinski definition) is 7. The number of piperazine rings is 1. The van der Waals surface area contributed by atoms with E-state index in [1.54, 1.807) is 13.2 Å². The Labute approximate surface area is 180 Å². The molecule has 0 saturated carbocycles. The van der Waals surface area contributed by atoms with E-state index in [0.29, 0.717) is 42.8 Å². The summed E-state index contributed by atoms with van der Waals surface area (Å²) in [5, 5.41) is 14.2. The van der Waals surface area contributed by atoms with E-state index in [1.807, 2.05) is 7.05 Å². The van der Waals surface area contributed by atoms with Gasteiger partial charge in [0.2, 0.25) is 5.88 Å². The van der Waals surface area contributed by atoms with E-state index in [4.69, 9.17) is 21.1 Å². The minimum Gasteiger partial charge on any atom is -0.469 e. The van der Waals surface area contributed by atoms with Crippen molar-refractivity contribution in [1.29, 1.82) is 5.26 Å².